The van der Waals surface area contributed by atoms with Crippen LogP contribution in [0.3, 0.4) is 0 Å². The molecule has 0 bridgehead atoms. The largest absolute Gasteiger partial charge is 0.458 e. The molecule has 2 aromatic rings. The molecule has 3 saturated heterocycles. The summed E-state index contributed by atoms with van der Waals surface area (Å²) in [6.45, 7) is 14.1. The number of Topliss-reactive ketones (excluding diaryl/α,β-unsaturated/α-hetero) is 2. The van der Waals surface area contributed by atoms with E-state index in [4.69, 9.17) is 23.7 Å². The average Bonchev–Trinajstić information content (AvgIpc) is 3.76. The summed E-state index contributed by atoms with van der Waals surface area (Å²) in [5.41, 5.74) is -1.77. The van der Waals surface area contributed by atoms with E-state index in [9.17, 15) is 19.2 Å². The van der Waals surface area contributed by atoms with Gasteiger partial charge < -0.3 is 33.9 Å². The fourth-order valence-electron chi connectivity index (χ4n) is 8.45. The first-order chi connectivity index (χ1) is 26.0. The summed E-state index contributed by atoms with van der Waals surface area (Å²) in [6, 6.07) is 9.03. The summed E-state index contributed by atoms with van der Waals surface area (Å²) >= 11 is 1.52. The number of nitrogens with zero attached hydrogens (tertiary/aromatic N) is 2. The van der Waals surface area contributed by atoms with Crippen LogP contribution in [0, 0.1) is 35.5 Å². The molecule has 0 radical (unpaired) electrons. The maximum Gasteiger partial charge on any atom is 0.408 e. The number of hydrogen-bond donors (Lipinski definition) is 1. The van der Waals surface area contributed by atoms with Crippen molar-refractivity contribution < 1.29 is 42.9 Å². The normalized spacial score (nSPS) is 36.2. The molecule has 12 atom stereocenters. The van der Waals surface area contributed by atoms with Crippen molar-refractivity contribution in [2.24, 2.45) is 23.7 Å². The van der Waals surface area contributed by atoms with Crippen molar-refractivity contribution in [3.05, 3.63) is 41.4 Å². The third-order valence-electron chi connectivity index (χ3n) is 11.6. The lowest BCUT2D eigenvalue weighted by Gasteiger charge is -2.45. The van der Waals surface area contributed by atoms with Crippen LogP contribution >= 0.6 is 11.3 Å². The van der Waals surface area contributed by atoms with Crippen molar-refractivity contribution in [1.29, 1.82) is 0 Å². The van der Waals surface area contributed by atoms with Crippen LogP contribution in [0.25, 0.3) is 10.6 Å². The number of rotatable bonds is 7. The van der Waals surface area contributed by atoms with Gasteiger partial charge in [-0.2, -0.15) is 0 Å². The zero-order valence-corrected chi connectivity index (χ0v) is 34.6. The van der Waals surface area contributed by atoms with Crippen LogP contribution in [0.4, 0.5) is 4.79 Å². The van der Waals surface area contributed by atoms with Crippen molar-refractivity contribution in [1.82, 2.24) is 15.2 Å². The molecule has 1 amide bonds. The molecular formula is C42H57N3O9S. The number of esters is 1. The van der Waals surface area contributed by atoms with Crippen LogP contribution in [0.5, 0.6) is 0 Å². The number of aromatic nitrogens is 1. The van der Waals surface area contributed by atoms with Crippen LogP contribution < -0.4 is 5.32 Å². The van der Waals surface area contributed by atoms with E-state index in [-0.39, 0.29) is 31.0 Å². The Labute approximate surface area is 329 Å². The second-order valence-electron chi connectivity index (χ2n) is 16.0. The minimum absolute atomic E-state index is 0.0346. The van der Waals surface area contributed by atoms with Crippen molar-refractivity contribution >= 4 is 35.0 Å². The van der Waals surface area contributed by atoms with Gasteiger partial charge in [0, 0.05) is 36.4 Å². The number of carbonyl (C=O) groups excluding carboxylic acids is 4. The van der Waals surface area contributed by atoms with Crippen LogP contribution in [0.15, 0.2) is 36.5 Å². The Morgan fingerprint density at radius 3 is 2.42 bits per heavy atom. The first-order valence-corrected chi connectivity index (χ1v) is 20.2. The van der Waals surface area contributed by atoms with Gasteiger partial charge in [0.2, 0.25) is 0 Å². The highest BCUT2D eigenvalue weighted by Gasteiger charge is 2.57. The summed E-state index contributed by atoms with van der Waals surface area (Å²) in [4.78, 5) is 63.7. The van der Waals surface area contributed by atoms with Crippen LogP contribution in [0.1, 0.15) is 86.0 Å². The smallest absolute Gasteiger partial charge is 0.408 e. The van der Waals surface area contributed by atoms with Gasteiger partial charge in [-0.3, -0.25) is 19.4 Å². The average molecular weight is 780 g/mol. The quantitative estimate of drug-likeness (QED) is 0.199. The highest BCUT2D eigenvalue weighted by Crippen LogP contribution is 2.40. The standard InChI is InChI=1S/C42H57N3O9S/c1-11-33-42(8)37(44-40(49)54-42)26(4)35(46)24(2)23-41(7,50-20-14-15-30-17-18-32(55-30)31-16-12-13-19-43-31)38(27(5)36(47)28(6)39(48)52-33)53-34-22-29(45(9)10)21-25(3)51-34/h12-13,16-19,24-29,33-34,37-38H,11,20-23H2,1-10H3,(H,44,49)/t24-,25-,26+,27+,28-,29+,33-,34+,37-,38-,41+,42-/m1/s1. The minimum atomic E-state index is -1.36. The number of ether oxygens (including phenoxy) is 5. The zero-order valence-electron chi connectivity index (χ0n) is 33.8. The van der Waals surface area contributed by atoms with Crippen LogP contribution in [0.2, 0.25) is 0 Å². The Bertz CT molecular complexity index is 1760. The SMILES string of the molecule is CC[C@H]1OC(=O)[C@H](C)C(=O)[C@H](C)[C@@H](O[C@H]2C[C@@H](N(C)C)C[C@@H](C)O2)[C@@](C)(OCC#Cc2ccc(-c3ccccn3)s2)C[C@@H](C)C(=O)[C@H](C)[C@H]2NC(=O)O[C@@]21C. The van der Waals surface area contributed by atoms with Gasteiger partial charge in [-0.25, -0.2) is 4.79 Å². The van der Waals surface area contributed by atoms with Crippen molar-refractivity contribution in [3.8, 4) is 22.4 Å². The lowest BCUT2D eigenvalue weighted by Crippen LogP contribution is -2.58. The molecule has 1 N–H and O–H groups in total. The molecule has 2 aromatic heterocycles. The molecule has 5 heterocycles. The van der Waals surface area contributed by atoms with E-state index in [1.165, 1.54) is 18.3 Å². The Morgan fingerprint density at radius 1 is 1.00 bits per heavy atom. The van der Waals surface area contributed by atoms with Gasteiger partial charge in [0.05, 0.1) is 39.3 Å². The molecule has 0 unspecified atom stereocenters. The minimum Gasteiger partial charge on any atom is -0.458 e. The molecule has 3 fully saturated rings. The Balaban J connectivity index is 1.53. The third kappa shape index (κ3) is 9.48. The van der Waals surface area contributed by atoms with E-state index in [2.05, 4.69) is 27.0 Å². The van der Waals surface area contributed by atoms with Gasteiger partial charge >= 0.3 is 12.1 Å². The molecule has 0 aliphatic carbocycles. The lowest BCUT2D eigenvalue weighted by atomic mass is 9.73. The number of pyridine rings is 1. The Hall–Kier alpha value is -3.67. The predicted molar refractivity (Wildman–Crippen MR) is 208 cm³/mol. The monoisotopic (exact) mass is 779 g/mol. The number of carbonyl (C=O) groups is 4. The molecule has 0 saturated carbocycles. The number of amides is 1. The van der Waals surface area contributed by atoms with Crippen molar-refractivity contribution in [2.45, 2.75) is 129 Å². The van der Waals surface area contributed by atoms with E-state index < -0.39 is 77.3 Å². The third-order valence-corrected chi connectivity index (χ3v) is 12.6. The Morgan fingerprint density at radius 2 is 1.75 bits per heavy atom. The molecule has 0 spiro atoms. The number of alkyl carbamates (subject to hydrolysis) is 1. The first-order valence-electron chi connectivity index (χ1n) is 19.4. The second-order valence-corrected chi connectivity index (χ2v) is 17.1. The van der Waals surface area contributed by atoms with Gasteiger partial charge in [-0.05, 0) is 85.3 Å². The number of cyclic esters (lactones) is 1. The molecule has 300 valence electrons. The van der Waals surface area contributed by atoms with E-state index in [0.29, 0.717) is 12.8 Å². The van der Waals surface area contributed by atoms with Gasteiger partial charge in [0.1, 0.15) is 24.4 Å². The lowest BCUT2D eigenvalue weighted by molar-refractivity contribution is -0.264. The first kappa shape index (κ1) is 42.5. The summed E-state index contributed by atoms with van der Waals surface area (Å²) < 4.78 is 31.6. The van der Waals surface area contributed by atoms with E-state index in [1.54, 1.807) is 33.9 Å². The van der Waals surface area contributed by atoms with Crippen molar-refractivity contribution in [3.63, 3.8) is 0 Å². The summed E-state index contributed by atoms with van der Waals surface area (Å²) in [7, 11) is 4.03. The Kier molecular flexibility index (Phi) is 13.6. The summed E-state index contributed by atoms with van der Waals surface area (Å²) in [6.07, 6.45) is 0.170. The predicted octanol–water partition coefficient (Wildman–Crippen LogP) is 6.05. The van der Waals surface area contributed by atoms with Crippen molar-refractivity contribution in [2.75, 3.05) is 20.7 Å². The highest BCUT2D eigenvalue weighted by molar-refractivity contribution is 7.16. The number of ketones is 2. The molecule has 5 rings (SSSR count). The zero-order chi connectivity index (χ0) is 40.2. The van der Waals surface area contributed by atoms with Gasteiger partial charge in [0.25, 0.3) is 0 Å². The molecule has 55 heavy (non-hydrogen) atoms. The van der Waals surface area contributed by atoms with Crippen LogP contribution in [-0.2, 0) is 38.1 Å². The second kappa shape index (κ2) is 17.6. The summed E-state index contributed by atoms with van der Waals surface area (Å²) in [5.74, 6) is 1.60. The number of fused-ring (bicyclic) bond motifs is 1. The van der Waals surface area contributed by atoms with Gasteiger partial charge in [-0.15, -0.1) is 11.3 Å². The molecule has 3 aliphatic rings. The molecule has 12 nitrogen and oxygen atoms in total. The van der Waals surface area contributed by atoms with E-state index in [1.807, 2.05) is 65.2 Å². The maximum atomic E-state index is 14.4. The van der Waals surface area contributed by atoms with E-state index in [0.717, 1.165) is 21.9 Å². The highest BCUT2D eigenvalue weighted by atomic mass is 32.1. The summed E-state index contributed by atoms with van der Waals surface area (Å²) in [5, 5.41) is 2.82. The molecular weight excluding hydrogens is 723 g/mol. The van der Waals surface area contributed by atoms with Gasteiger partial charge in [-0.1, -0.05) is 45.6 Å². The number of hydrogen-bond acceptors (Lipinski definition) is 12. The topological polar surface area (TPSA) is 143 Å². The molecule has 0 aromatic carbocycles. The van der Waals surface area contributed by atoms with Gasteiger partial charge in [0.15, 0.2) is 17.7 Å². The van der Waals surface area contributed by atoms with E-state index >= 15 is 0 Å². The van der Waals surface area contributed by atoms with Crippen LogP contribution in [-0.4, -0.2) is 102 Å². The molecule has 3 aliphatic heterocycles. The number of thiophene rings is 1. The maximum absolute atomic E-state index is 14.4. The fraction of sp³-hybridized carbons (Fsp3) is 0.643. The fourth-order valence-corrected chi connectivity index (χ4v) is 9.30. The number of nitrogens with one attached hydrogen (secondary N) is 1. The molecule has 13 heteroatoms.